The molecule has 0 spiro atoms. The Labute approximate surface area is 59.6 Å². The van der Waals surface area contributed by atoms with Crippen molar-refractivity contribution in [2.45, 2.75) is 25.7 Å². The Bertz CT molecular complexity index is 197. The van der Waals surface area contributed by atoms with Gasteiger partial charge in [0.05, 0.1) is 5.41 Å². The van der Waals surface area contributed by atoms with E-state index in [1.807, 2.05) is 0 Å². The number of Topliss-reactive ketones (excluding diaryl/α,β-unsaturated/α-hetero) is 1. The molecule has 2 bridgehead atoms. The van der Waals surface area contributed by atoms with Gasteiger partial charge in [0, 0.05) is 6.42 Å². The topological polar surface area (TPSA) is 34.1 Å². The van der Waals surface area contributed by atoms with Crippen molar-refractivity contribution < 1.29 is 9.59 Å². The number of hydrogen-bond acceptors (Lipinski definition) is 2. The Morgan fingerprint density at radius 1 is 1.60 bits per heavy atom. The second kappa shape index (κ2) is 1.68. The minimum Gasteiger partial charge on any atom is -0.302 e. The summed E-state index contributed by atoms with van der Waals surface area (Å²) in [4.78, 5) is 21.7. The van der Waals surface area contributed by atoms with Crippen molar-refractivity contribution in [2.75, 3.05) is 0 Å². The van der Waals surface area contributed by atoms with Gasteiger partial charge >= 0.3 is 0 Å². The molecule has 54 valence electrons. The molecule has 0 aromatic carbocycles. The van der Waals surface area contributed by atoms with E-state index in [4.69, 9.17) is 0 Å². The van der Waals surface area contributed by atoms with E-state index < -0.39 is 5.41 Å². The minimum atomic E-state index is -0.509. The molecule has 2 aliphatic carbocycles. The molecule has 0 radical (unpaired) electrons. The van der Waals surface area contributed by atoms with Gasteiger partial charge in [-0.3, -0.25) is 4.79 Å². The molecular formula is C8H10O2. The average molecular weight is 138 g/mol. The molecular weight excluding hydrogens is 128 g/mol. The standard InChI is InChI=1S/C8H10O2/c9-5-8-2-1-6(4-8)3-7(8)10/h5-6H,1-4H2. The van der Waals surface area contributed by atoms with Crippen LogP contribution in [0.4, 0.5) is 0 Å². The molecule has 2 atom stereocenters. The molecule has 2 rings (SSSR count). The highest BCUT2D eigenvalue weighted by Gasteiger charge is 2.51. The van der Waals surface area contributed by atoms with E-state index in [1.54, 1.807) is 0 Å². The predicted molar refractivity (Wildman–Crippen MR) is 35.5 cm³/mol. The third-order valence-electron chi connectivity index (χ3n) is 2.91. The maximum Gasteiger partial charge on any atom is 0.146 e. The maximum atomic E-state index is 11.2. The lowest BCUT2D eigenvalue weighted by atomic mass is 9.85. The number of carbonyl (C=O) groups excluding carboxylic acids is 2. The van der Waals surface area contributed by atoms with Crippen molar-refractivity contribution in [3.8, 4) is 0 Å². The number of carbonyl (C=O) groups is 2. The van der Waals surface area contributed by atoms with E-state index in [2.05, 4.69) is 0 Å². The van der Waals surface area contributed by atoms with Gasteiger partial charge in [0.2, 0.25) is 0 Å². The molecule has 0 heterocycles. The Morgan fingerprint density at radius 2 is 2.40 bits per heavy atom. The zero-order valence-corrected chi connectivity index (χ0v) is 5.80. The number of ketones is 1. The van der Waals surface area contributed by atoms with Crippen LogP contribution in [-0.2, 0) is 9.59 Å². The molecule has 0 N–H and O–H groups in total. The van der Waals surface area contributed by atoms with E-state index in [1.165, 1.54) is 0 Å². The van der Waals surface area contributed by atoms with Crippen molar-refractivity contribution in [1.29, 1.82) is 0 Å². The van der Waals surface area contributed by atoms with E-state index in [9.17, 15) is 9.59 Å². The van der Waals surface area contributed by atoms with Crippen LogP contribution in [0.15, 0.2) is 0 Å². The smallest absolute Gasteiger partial charge is 0.146 e. The predicted octanol–water partition coefficient (Wildman–Crippen LogP) is 0.945. The lowest BCUT2D eigenvalue weighted by molar-refractivity contribution is -0.132. The zero-order valence-electron chi connectivity index (χ0n) is 5.80. The highest BCUT2D eigenvalue weighted by molar-refractivity contribution is 6.00. The van der Waals surface area contributed by atoms with E-state index in [-0.39, 0.29) is 5.78 Å². The van der Waals surface area contributed by atoms with E-state index >= 15 is 0 Å². The van der Waals surface area contributed by atoms with Gasteiger partial charge in [-0.15, -0.1) is 0 Å². The van der Waals surface area contributed by atoms with Crippen molar-refractivity contribution in [1.82, 2.24) is 0 Å². The van der Waals surface area contributed by atoms with Gasteiger partial charge < -0.3 is 4.79 Å². The monoisotopic (exact) mass is 138 g/mol. The fourth-order valence-corrected chi connectivity index (χ4v) is 2.25. The Morgan fingerprint density at radius 3 is 2.70 bits per heavy atom. The molecule has 2 aliphatic rings. The lowest BCUT2D eigenvalue weighted by Gasteiger charge is -2.15. The summed E-state index contributed by atoms with van der Waals surface area (Å²) >= 11 is 0. The summed E-state index contributed by atoms with van der Waals surface area (Å²) < 4.78 is 0. The first-order chi connectivity index (χ1) is 4.77. The normalized spacial score (nSPS) is 44.4. The molecule has 2 nitrogen and oxygen atoms in total. The largest absolute Gasteiger partial charge is 0.302 e. The van der Waals surface area contributed by atoms with Crippen LogP contribution in [-0.4, -0.2) is 12.1 Å². The van der Waals surface area contributed by atoms with Gasteiger partial charge in [-0.2, -0.15) is 0 Å². The summed E-state index contributed by atoms with van der Waals surface area (Å²) in [5.41, 5.74) is -0.509. The van der Waals surface area contributed by atoms with Crippen LogP contribution in [0, 0.1) is 11.3 Å². The molecule has 2 fully saturated rings. The zero-order chi connectivity index (χ0) is 7.19. The second-order valence-electron chi connectivity index (χ2n) is 3.51. The van der Waals surface area contributed by atoms with Crippen LogP contribution in [0.5, 0.6) is 0 Å². The maximum absolute atomic E-state index is 11.2. The fraction of sp³-hybridized carbons (Fsp3) is 0.750. The summed E-state index contributed by atoms with van der Waals surface area (Å²) in [6, 6.07) is 0. The van der Waals surface area contributed by atoms with Crippen molar-refractivity contribution in [3.05, 3.63) is 0 Å². The third-order valence-corrected chi connectivity index (χ3v) is 2.91. The van der Waals surface area contributed by atoms with E-state index in [0.29, 0.717) is 12.3 Å². The summed E-state index contributed by atoms with van der Waals surface area (Å²) in [6.45, 7) is 0. The van der Waals surface area contributed by atoms with Crippen LogP contribution in [0.25, 0.3) is 0 Å². The SMILES string of the molecule is O=CC12CCC(CC1=O)C2. The molecule has 0 saturated heterocycles. The first-order valence-corrected chi connectivity index (χ1v) is 3.76. The van der Waals surface area contributed by atoms with Crippen molar-refractivity contribution in [2.24, 2.45) is 11.3 Å². The Kier molecular flexibility index (Phi) is 1.02. The molecule has 2 saturated carbocycles. The Hall–Kier alpha value is -0.660. The summed E-state index contributed by atoms with van der Waals surface area (Å²) in [7, 11) is 0. The number of aldehydes is 1. The lowest BCUT2D eigenvalue weighted by Crippen LogP contribution is -2.26. The summed E-state index contributed by atoms with van der Waals surface area (Å²) in [5.74, 6) is 0.733. The van der Waals surface area contributed by atoms with Gasteiger partial charge in [0.15, 0.2) is 0 Å². The van der Waals surface area contributed by atoms with Crippen molar-refractivity contribution >= 4 is 12.1 Å². The number of fused-ring (bicyclic) bond motifs is 2. The molecule has 2 heteroatoms. The van der Waals surface area contributed by atoms with Gasteiger partial charge in [-0.05, 0) is 25.2 Å². The van der Waals surface area contributed by atoms with Gasteiger partial charge in [-0.25, -0.2) is 0 Å². The minimum absolute atomic E-state index is 0.193. The van der Waals surface area contributed by atoms with Gasteiger partial charge in [0.25, 0.3) is 0 Å². The van der Waals surface area contributed by atoms with Gasteiger partial charge in [0.1, 0.15) is 12.1 Å². The number of rotatable bonds is 1. The second-order valence-corrected chi connectivity index (χ2v) is 3.51. The molecule has 0 aromatic rings. The highest BCUT2D eigenvalue weighted by atomic mass is 16.1. The van der Waals surface area contributed by atoms with Crippen LogP contribution in [0.3, 0.4) is 0 Å². The third kappa shape index (κ3) is 0.542. The molecule has 0 aliphatic heterocycles. The highest BCUT2D eigenvalue weighted by Crippen LogP contribution is 2.50. The summed E-state index contributed by atoms with van der Waals surface area (Å²) in [5, 5.41) is 0. The van der Waals surface area contributed by atoms with Crippen LogP contribution in [0.2, 0.25) is 0 Å². The fourth-order valence-electron chi connectivity index (χ4n) is 2.25. The van der Waals surface area contributed by atoms with Crippen LogP contribution in [0.1, 0.15) is 25.7 Å². The molecule has 2 unspecified atom stereocenters. The summed E-state index contributed by atoms with van der Waals surface area (Å²) in [6.07, 6.45) is 4.29. The first-order valence-electron chi connectivity index (χ1n) is 3.76. The molecule has 0 amide bonds. The van der Waals surface area contributed by atoms with Crippen molar-refractivity contribution in [3.63, 3.8) is 0 Å². The quantitative estimate of drug-likeness (QED) is 0.399. The Balaban J connectivity index is 2.35. The van der Waals surface area contributed by atoms with Crippen LogP contribution >= 0.6 is 0 Å². The first kappa shape index (κ1) is 6.08. The van der Waals surface area contributed by atoms with E-state index in [0.717, 1.165) is 25.5 Å². The van der Waals surface area contributed by atoms with Crippen LogP contribution < -0.4 is 0 Å². The number of hydrogen-bond donors (Lipinski definition) is 0. The average Bonchev–Trinajstić information content (AvgIpc) is 2.44. The molecule has 0 aromatic heterocycles. The van der Waals surface area contributed by atoms with Gasteiger partial charge in [-0.1, -0.05) is 0 Å². The molecule has 10 heavy (non-hydrogen) atoms.